The highest BCUT2D eigenvalue weighted by molar-refractivity contribution is 6.05. The molecule has 332 valence electrons. The van der Waals surface area contributed by atoms with Gasteiger partial charge in [-0.25, -0.2) is 19.0 Å². The largest absolute Gasteiger partial charge is 0.372 e. The fourth-order valence-electron chi connectivity index (χ4n) is 10.4. The number of amides is 4. The van der Waals surface area contributed by atoms with Crippen molar-refractivity contribution < 1.29 is 14.4 Å². The second-order valence-corrected chi connectivity index (χ2v) is 19.2. The molecule has 4 fully saturated rings. The van der Waals surface area contributed by atoms with E-state index in [1.807, 2.05) is 62.8 Å². The Morgan fingerprint density at radius 3 is 2.33 bits per heavy atom. The zero-order chi connectivity index (χ0) is 44.3. The lowest BCUT2D eigenvalue weighted by atomic mass is 9.91. The average Bonchev–Trinajstić information content (AvgIpc) is 4.11. The second kappa shape index (κ2) is 16.6. The van der Waals surface area contributed by atoms with E-state index in [1.165, 1.54) is 31.4 Å². The third-order valence-electron chi connectivity index (χ3n) is 14.0. The molecule has 2 aromatic carbocycles. The maximum absolute atomic E-state index is 13.1. The number of nitrogens with zero attached hydrogens (tertiary/aromatic N) is 11. The Morgan fingerprint density at radius 2 is 1.62 bits per heavy atom. The molecule has 6 aromatic rings. The maximum atomic E-state index is 13.1. The topological polar surface area (TPSA) is 164 Å². The second-order valence-electron chi connectivity index (χ2n) is 19.2. The SMILES string of the molecule is Cc1cc(-c2nc(-c3cnn(C4CC5CCC(C4)N5CC4CCN(c5ccc(N6CCC(=O)NC6=O)cc5)CC4)c3)cn3nccc23)ccc1[C@@H](C)NC(=O)c1cn(C(C)(C)C)nn1. The van der Waals surface area contributed by atoms with Crippen LogP contribution in [0.15, 0.2) is 79.5 Å². The zero-order valence-electron chi connectivity index (χ0n) is 37.3. The normalized spacial score (nSPS) is 21.4. The lowest BCUT2D eigenvalue weighted by molar-refractivity contribution is -0.120. The number of piperidine rings is 2. The molecule has 2 N–H and O–H groups in total. The number of aryl methyl sites for hydroxylation is 1. The predicted octanol–water partition coefficient (Wildman–Crippen LogP) is 6.94. The van der Waals surface area contributed by atoms with Crippen LogP contribution in [0.25, 0.3) is 28.0 Å². The summed E-state index contributed by atoms with van der Waals surface area (Å²) in [5, 5.41) is 23.3. The molecule has 64 heavy (non-hydrogen) atoms. The van der Waals surface area contributed by atoms with Gasteiger partial charge in [0.15, 0.2) is 5.69 Å². The van der Waals surface area contributed by atoms with Gasteiger partial charge in [-0.2, -0.15) is 10.2 Å². The van der Waals surface area contributed by atoms with Crippen molar-refractivity contribution in [2.45, 2.75) is 109 Å². The number of hydrogen-bond acceptors (Lipinski definition) is 10. The van der Waals surface area contributed by atoms with Gasteiger partial charge >= 0.3 is 6.03 Å². The minimum Gasteiger partial charge on any atom is -0.372 e. The summed E-state index contributed by atoms with van der Waals surface area (Å²) < 4.78 is 5.78. The van der Waals surface area contributed by atoms with Crippen LogP contribution in [-0.2, 0) is 10.3 Å². The van der Waals surface area contributed by atoms with Crippen molar-refractivity contribution in [3.63, 3.8) is 0 Å². The summed E-state index contributed by atoms with van der Waals surface area (Å²) in [6, 6.07) is 17.3. The van der Waals surface area contributed by atoms with Crippen LogP contribution >= 0.6 is 0 Å². The van der Waals surface area contributed by atoms with Crippen molar-refractivity contribution in [1.29, 1.82) is 0 Å². The van der Waals surface area contributed by atoms with Crippen LogP contribution in [0.3, 0.4) is 0 Å². The summed E-state index contributed by atoms with van der Waals surface area (Å²) in [6.07, 6.45) is 16.9. The number of aromatic nitrogens is 8. The van der Waals surface area contributed by atoms with Gasteiger partial charge in [-0.05, 0) is 127 Å². The Bertz CT molecular complexity index is 2690. The molecule has 0 radical (unpaired) electrons. The van der Waals surface area contributed by atoms with Crippen LogP contribution in [0.4, 0.5) is 16.2 Å². The summed E-state index contributed by atoms with van der Waals surface area (Å²) >= 11 is 0. The third-order valence-corrected chi connectivity index (χ3v) is 14.0. The molecule has 4 amide bonds. The molecule has 16 nitrogen and oxygen atoms in total. The molecule has 4 aromatic heterocycles. The number of imide groups is 1. The van der Waals surface area contributed by atoms with E-state index in [2.05, 4.69) is 84.0 Å². The Kier molecular flexibility index (Phi) is 10.8. The van der Waals surface area contributed by atoms with Crippen molar-refractivity contribution in [2.75, 3.05) is 36.0 Å². The molecule has 8 heterocycles. The molecule has 3 atom stereocenters. The molecule has 0 spiro atoms. The maximum Gasteiger partial charge on any atom is 0.328 e. The van der Waals surface area contributed by atoms with E-state index in [0.29, 0.717) is 42.7 Å². The Balaban J connectivity index is 0.767. The Hall–Kier alpha value is -6.42. The molecular weight excluding hydrogens is 807 g/mol. The summed E-state index contributed by atoms with van der Waals surface area (Å²) in [6.45, 7) is 13.7. The van der Waals surface area contributed by atoms with Crippen molar-refractivity contribution >= 4 is 34.7 Å². The summed E-state index contributed by atoms with van der Waals surface area (Å²) in [5.41, 5.74) is 8.60. The number of carbonyl (C=O) groups excluding carboxylic acids is 3. The van der Waals surface area contributed by atoms with E-state index < -0.39 is 0 Å². The fourth-order valence-corrected chi connectivity index (χ4v) is 10.4. The summed E-state index contributed by atoms with van der Waals surface area (Å²) in [7, 11) is 0. The monoisotopic (exact) mass is 863 g/mol. The first-order valence-corrected chi connectivity index (χ1v) is 22.8. The highest BCUT2D eigenvalue weighted by Gasteiger charge is 2.42. The molecule has 10 rings (SSSR count). The Morgan fingerprint density at radius 1 is 0.875 bits per heavy atom. The first-order chi connectivity index (χ1) is 30.8. The van der Waals surface area contributed by atoms with Crippen molar-refractivity contribution in [3.8, 4) is 22.5 Å². The molecule has 4 aliphatic heterocycles. The van der Waals surface area contributed by atoms with E-state index in [1.54, 1.807) is 22.0 Å². The third kappa shape index (κ3) is 8.14. The van der Waals surface area contributed by atoms with Gasteiger partial charge in [-0.3, -0.25) is 29.4 Å². The van der Waals surface area contributed by atoms with Crippen LogP contribution in [-0.4, -0.2) is 100 Å². The number of benzene rings is 2. The van der Waals surface area contributed by atoms with Gasteiger partial charge in [0.25, 0.3) is 5.91 Å². The number of nitrogens with one attached hydrogen (secondary N) is 2. The van der Waals surface area contributed by atoms with Crippen molar-refractivity contribution in [1.82, 2.24) is 54.9 Å². The van der Waals surface area contributed by atoms with Gasteiger partial charge in [0.05, 0.1) is 59.3 Å². The number of hydrogen-bond donors (Lipinski definition) is 2. The van der Waals surface area contributed by atoms with Crippen LogP contribution in [0.2, 0.25) is 0 Å². The zero-order valence-corrected chi connectivity index (χ0v) is 37.3. The van der Waals surface area contributed by atoms with E-state index in [0.717, 1.165) is 77.3 Å². The van der Waals surface area contributed by atoms with Crippen LogP contribution < -0.4 is 20.4 Å². The quantitative estimate of drug-likeness (QED) is 0.148. The van der Waals surface area contributed by atoms with E-state index in [9.17, 15) is 14.4 Å². The van der Waals surface area contributed by atoms with Crippen molar-refractivity contribution in [2.24, 2.45) is 5.92 Å². The molecule has 4 saturated heterocycles. The molecule has 4 aliphatic rings. The molecular formula is C48H57N13O3. The molecule has 2 bridgehead atoms. The summed E-state index contributed by atoms with van der Waals surface area (Å²) in [4.78, 5) is 49.2. The van der Waals surface area contributed by atoms with E-state index >= 15 is 0 Å². The van der Waals surface area contributed by atoms with Gasteiger partial charge in [-0.15, -0.1) is 5.10 Å². The van der Waals surface area contributed by atoms with Gasteiger partial charge in [0, 0.05) is 73.4 Å². The van der Waals surface area contributed by atoms with Gasteiger partial charge < -0.3 is 10.2 Å². The first kappa shape index (κ1) is 41.6. The van der Waals surface area contributed by atoms with E-state index in [4.69, 9.17) is 10.1 Å². The fraction of sp³-hybridized carbons (Fsp3) is 0.458. The van der Waals surface area contributed by atoms with Crippen molar-refractivity contribution in [3.05, 3.63) is 96.3 Å². The number of fused-ring (bicyclic) bond motifs is 3. The lowest BCUT2D eigenvalue weighted by Crippen LogP contribution is -2.49. The highest BCUT2D eigenvalue weighted by atomic mass is 16.2. The standard InChI is InChI=1S/C48H57N13O3/c1-30-22-33(6-13-40(30)31(2)51-46(63)42-29-61(55-54-42)48(3,4)5)45-43-14-18-49-60(43)28-41(52-45)34-25-50-59(27-34)39-23-37-11-12-38(24-39)58(37)26-32-15-19-56(20-16-32)35-7-9-36(10-8-35)57-21-17-44(62)53-47(57)64/h6-10,13-14,18,22,25,27-29,31-32,37-39H,11-12,15-17,19-21,23-24,26H2,1-5H3,(H,51,63)(H,53,62,64)/t31-,37?,38?,39?/m1/s1. The molecule has 0 saturated carbocycles. The highest BCUT2D eigenvalue weighted by Crippen LogP contribution is 2.42. The molecule has 0 aliphatic carbocycles. The number of anilines is 2. The number of carbonyl (C=O) groups is 3. The predicted molar refractivity (Wildman–Crippen MR) is 244 cm³/mol. The Labute approximate surface area is 373 Å². The van der Waals surface area contributed by atoms with Gasteiger partial charge in [-0.1, -0.05) is 17.3 Å². The van der Waals surface area contributed by atoms with Crippen LogP contribution in [0, 0.1) is 12.8 Å². The van der Waals surface area contributed by atoms with Gasteiger partial charge in [0.1, 0.15) is 0 Å². The minimum atomic E-state index is -0.348. The number of urea groups is 1. The average molecular weight is 864 g/mol. The van der Waals surface area contributed by atoms with Crippen LogP contribution in [0.1, 0.15) is 106 Å². The minimum absolute atomic E-state index is 0.217. The lowest BCUT2D eigenvalue weighted by Gasteiger charge is -2.42. The smallest absolute Gasteiger partial charge is 0.328 e. The first-order valence-electron chi connectivity index (χ1n) is 22.8. The number of rotatable bonds is 10. The summed E-state index contributed by atoms with van der Waals surface area (Å²) in [5.74, 6) is 0.198. The van der Waals surface area contributed by atoms with Crippen LogP contribution in [0.5, 0.6) is 0 Å². The molecule has 16 heteroatoms. The van der Waals surface area contributed by atoms with Gasteiger partial charge in [0.2, 0.25) is 5.91 Å². The molecule has 2 unspecified atom stereocenters. The van der Waals surface area contributed by atoms with E-state index in [-0.39, 0.29) is 29.4 Å².